The van der Waals surface area contributed by atoms with E-state index in [1.54, 1.807) is 0 Å². The molecular formula is C18H24N4OS. The largest absolute Gasteiger partial charge is 0.342 e. The van der Waals surface area contributed by atoms with Crippen LogP contribution >= 0.6 is 11.8 Å². The molecule has 2 aromatic rings. The molecule has 1 amide bonds. The maximum atomic E-state index is 12.4. The van der Waals surface area contributed by atoms with E-state index in [9.17, 15) is 4.79 Å². The molecule has 0 spiro atoms. The lowest BCUT2D eigenvalue weighted by molar-refractivity contribution is -0.130. The molecule has 0 bridgehead atoms. The van der Waals surface area contributed by atoms with E-state index in [2.05, 4.69) is 28.6 Å². The van der Waals surface area contributed by atoms with Gasteiger partial charge in [0.25, 0.3) is 0 Å². The van der Waals surface area contributed by atoms with Gasteiger partial charge in [0.15, 0.2) is 11.0 Å². The molecule has 0 aliphatic carbocycles. The van der Waals surface area contributed by atoms with Crippen LogP contribution in [0, 0.1) is 5.92 Å². The predicted molar refractivity (Wildman–Crippen MR) is 96.8 cm³/mol. The van der Waals surface area contributed by atoms with Crippen LogP contribution in [0.25, 0.3) is 11.4 Å². The number of thioether (sulfide) groups is 1. The number of rotatable bonds is 5. The molecule has 0 saturated carbocycles. The highest BCUT2D eigenvalue weighted by molar-refractivity contribution is 7.99. The summed E-state index contributed by atoms with van der Waals surface area (Å²) in [6.45, 7) is 6.85. The molecule has 1 aliphatic rings. The number of aromatic nitrogens is 3. The van der Waals surface area contributed by atoms with Gasteiger partial charge in [0, 0.05) is 25.2 Å². The third-order valence-electron chi connectivity index (χ3n) is 4.40. The van der Waals surface area contributed by atoms with Crippen molar-refractivity contribution in [2.45, 2.75) is 38.4 Å². The zero-order chi connectivity index (χ0) is 16.9. The Morgan fingerprint density at radius 2 is 2.08 bits per heavy atom. The van der Waals surface area contributed by atoms with Crippen LogP contribution < -0.4 is 0 Å². The lowest BCUT2D eigenvalue weighted by Gasteiger charge is -2.30. The molecule has 1 fully saturated rings. The van der Waals surface area contributed by atoms with Crippen LogP contribution in [-0.4, -0.2) is 44.4 Å². The van der Waals surface area contributed by atoms with Crippen molar-refractivity contribution in [1.82, 2.24) is 19.7 Å². The molecule has 0 radical (unpaired) electrons. The first kappa shape index (κ1) is 17.0. The second kappa shape index (κ2) is 7.83. The van der Waals surface area contributed by atoms with Crippen molar-refractivity contribution >= 4 is 17.7 Å². The molecule has 1 aliphatic heterocycles. The summed E-state index contributed by atoms with van der Waals surface area (Å²) in [4.78, 5) is 14.4. The van der Waals surface area contributed by atoms with Gasteiger partial charge < -0.3 is 9.47 Å². The Labute approximate surface area is 147 Å². The monoisotopic (exact) mass is 344 g/mol. The van der Waals surface area contributed by atoms with Gasteiger partial charge in [-0.25, -0.2) is 0 Å². The van der Waals surface area contributed by atoms with Gasteiger partial charge in [0.2, 0.25) is 5.91 Å². The molecule has 0 N–H and O–H groups in total. The van der Waals surface area contributed by atoms with Crippen LogP contribution in [0.3, 0.4) is 0 Å². The Bertz CT molecular complexity index is 686. The molecule has 24 heavy (non-hydrogen) atoms. The van der Waals surface area contributed by atoms with Crippen molar-refractivity contribution in [3.8, 4) is 11.4 Å². The van der Waals surface area contributed by atoms with Crippen LogP contribution in [-0.2, 0) is 11.3 Å². The van der Waals surface area contributed by atoms with Gasteiger partial charge in [-0.2, -0.15) is 0 Å². The third-order valence-corrected chi connectivity index (χ3v) is 5.35. The van der Waals surface area contributed by atoms with E-state index in [4.69, 9.17) is 0 Å². The number of amides is 1. The maximum Gasteiger partial charge on any atom is 0.233 e. The summed E-state index contributed by atoms with van der Waals surface area (Å²) in [5, 5.41) is 9.44. The van der Waals surface area contributed by atoms with Crippen molar-refractivity contribution < 1.29 is 4.79 Å². The van der Waals surface area contributed by atoms with Crippen LogP contribution in [0.1, 0.15) is 26.7 Å². The number of carbonyl (C=O) groups excluding carboxylic acids is 1. The average Bonchev–Trinajstić information content (AvgIpc) is 3.03. The lowest BCUT2D eigenvalue weighted by atomic mass is 10.0. The van der Waals surface area contributed by atoms with E-state index in [1.807, 2.05) is 35.2 Å². The minimum absolute atomic E-state index is 0.207. The fraction of sp³-hybridized carbons (Fsp3) is 0.500. The SMILES string of the molecule is CCn1c(SCC(=O)N2CCCC(C)C2)nnc1-c1ccccc1. The summed E-state index contributed by atoms with van der Waals surface area (Å²) in [5.41, 5.74) is 1.05. The van der Waals surface area contributed by atoms with Gasteiger partial charge in [-0.05, 0) is 25.7 Å². The molecule has 128 valence electrons. The first-order valence-corrected chi connectivity index (χ1v) is 9.56. The molecular weight excluding hydrogens is 320 g/mol. The zero-order valence-electron chi connectivity index (χ0n) is 14.3. The quantitative estimate of drug-likeness (QED) is 0.781. The molecule has 1 saturated heterocycles. The Morgan fingerprint density at radius 3 is 2.79 bits per heavy atom. The number of hydrogen-bond donors (Lipinski definition) is 0. The van der Waals surface area contributed by atoms with Crippen LogP contribution in [0.5, 0.6) is 0 Å². The van der Waals surface area contributed by atoms with Crippen molar-refractivity contribution in [1.29, 1.82) is 0 Å². The molecule has 3 rings (SSSR count). The van der Waals surface area contributed by atoms with E-state index in [-0.39, 0.29) is 5.91 Å². The average molecular weight is 344 g/mol. The van der Waals surface area contributed by atoms with E-state index in [0.29, 0.717) is 11.7 Å². The van der Waals surface area contributed by atoms with Gasteiger partial charge in [-0.15, -0.1) is 10.2 Å². The normalized spacial score (nSPS) is 17.9. The highest BCUT2D eigenvalue weighted by Gasteiger charge is 2.22. The second-order valence-electron chi connectivity index (χ2n) is 6.29. The highest BCUT2D eigenvalue weighted by Crippen LogP contribution is 2.24. The van der Waals surface area contributed by atoms with E-state index >= 15 is 0 Å². The maximum absolute atomic E-state index is 12.4. The van der Waals surface area contributed by atoms with Crippen LogP contribution in [0.2, 0.25) is 0 Å². The number of hydrogen-bond acceptors (Lipinski definition) is 4. The van der Waals surface area contributed by atoms with Gasteiger partial charge in [0.1, 0.15) is 0 Å². The number of benzene rings is 1. The Morgan fingerprint density at radius 1 is 1.29 bits per heavy atom. The lowest BCUT2D eigenvalue weighted by Crippen LogP contribution is -2.40. The fourth-order valence-electron chi connectivity index (χ4n) is 3.11. The van der Waals surface area contributed by atoms with Crippen LogP contribution in [0.15, 0.2) is 35.5 Å². The highest BCUT2D eigenvalue weighted by atomic mass is 32.2. The molecule has 1 atom stereocenters. The topological polar surface area (TPSA) is 51.0 Å². The van der Waals surface area contributed by atoms with Crippen molar-refractivity contribution in [3.63, 3.8) is 0 Å². The summed E-state index contributed by atoms with van der Waals surface area (Å²) in [6.07, 6.45) is 2.34. The molecule has 1 aromatic carbocycles. The second-order valence-corrected chi connectivity index (χ2v) is 7.23. The van der Waals surface area contributed by atoms with Crippen molar-refractivity contribution in [2.24, 2.45) is 5.92 Å². The summed E-state index contributed by atoms with van der Waals surface area (Å²) >= 11 is 1.49. The number of nitrogens with zero attached hydrogens (tertiary/aromatic N) is 4. The van der Waals surface area contributed by atoms with Gasteiger partial charge >= 0.3 is 0 Å². The third kappa shape index (κ3) is 3.80. The first-order chi connectivity index (χ1) is 11.7. The standard InChI is InChI=1S/C18H24N4OS/c1-3-22-17(15-9-5-4-6-10-15)19-20-18(22)24-13-16(23)21-11-7-8-14(2)12-21/h4-6,9-10,14H,3,7-8,11-13H2,1-2H3. The van der Waals surface area contributed by atoms with Crippen LogP contribution in [0.4, 0.5) is 0 Å². The first-order valence-electron chi connectivity index (χ1n) is 8.58. The molecule has 5 nitrogen and oxygen atoms in total. The number of likely N-dealkylation sites (tertiary alicyclic amines) is 1. The summed E-state index contributed by atoms with van der Waals surface area (Å²) in [7, 11) is 0. The van der Waals surface area contributed by atoms with Gasteiger partial charge in [0.05, 0.1) is 5.75 Å². The Hall–Kier alpha value is -1.82. The van der Waals surface area contributed by atoms with E-state index in [1.165, 1.54) is 18.2 Å². The Balaban J connectivity index is 1.67. The summed E-state index contributed by atoms with van der Waals surface area (Å²) in [5.74, 6) is 2.11. The Kier molecular flexibility index (Phi) is 5.56. The molecule has 6 heteroatoms. The van der Waals surface area contributed by atoms with E-state index < -0.39 is 0 Å². The smallest absolute Gasteiger partial charge is 0.233 e. The molecule has 1 unspecified atom stereocenters. The minimum atomic E-state index is 0.207. The van der Waals surface area contributed by atoms with Crippen molar-refractivity contribution in [2.75, 3.05) is 18.8 Å². The zero-order valence-corrected chi connectivity index (χ0v) is 15.1. The molecule has 1 aromatic heterocycles. The fourth-order valence-corrected chi connectivity index (χ4v) is 4.02. The van der Waals surface area contributed by atoms with Gasteiger partial charge in [-0.1, -0.05) is 49.0 Å². The van der Waals surface area contributed by atoms with Gasteiger partial charge in [-0.3, -0.25) is 4.79 Å². The minimum Gasteiger partial charge on any atom is -0.342 e. The van der Waals surface area contributed by atoms with E-state index in [0.717, 1.165) is 42.6 Å². The summed E-state index contributed by atoms with van der Waals surface area (Å²) < 4.78 is 2.08. The molecule has 2 heterocycles. The van der Waals surface area contributed by atoms with Crippen molar-refractivity contribution in [3.05, 3.63) is 30.3 Å². The predicted octanol–water partition coefficient (Wildman–Crippen LogP) is 3.32. The summed E-state index contributed by atoms with van der Waals surface area (Å²) in [6, 6.07) is 10.1. The number of carbonyl (C=O) groups is 1. The number of piperidine rings is 1.